The van der Waals surface area contributed by atoms with Crippen LogP contribution in [-0.4, -0.2) is 31.4 Å². The molecular weight excluding hydrogens is 358 g/mol. The Labute approximate surface area is 163 Å². The number of nitrogens with zero attached hydrogens (tertiary/aromatic N) is 4. The lowest BCUT2D eigenvalue weighted by Gasteiger charge is -2.16. The monoisotopic (exact) mass is 381 g/mol. The molecule has 0 saturated carbocycles. The van der Waals surface area contributed by atoms with Gasteiger partial charge in [0.25, 0.3) is 0 Å². The summed E-state index contributed by atoms with van der Waals surface area (Å²) in [5, 5.41) is 12.2. The van der Waals surface area contributed by atoms with Gasteiger partial charge in [-0.05, 0) is 36.1 Å². The predicted molar refractivity (Wildman–Crippen MR) is 109 cm³/mol. The third kappa shape index (κ3) is 4.36. The van der Waals surface area contributed by atoms with Crippen LogP contribution in [0.1, 0.15) is 30.9 Å². The molecule has 0 atom stereocenters. The molecule has 2 aromatic heterocycles. The van der Waals surface area contributed by atoms with E-state index in [1.807, 2.05) is 42.8 Å². The molecule has 27 heavy (non-hydrogen) atoms. The number of carbonyl (C=O) groups excluding carboxylic acids is 1. The minimum absolute atomic E-state index is 0.0536. The second-order valence-corrected chi connectivity index (χ2v) is 7.58. The van der Waals surface area contributed by atoms with E-state index in [9.17, 15) is 4.79 Å². The van der Waals surface area contributed by atoms with Gasteiger partial charge in [0.05, 0.1) is 5.75 Å². The molecule has 0 aliphatic rings. The minimum atomic E-state index is -0.0536. The molecule has 7 heteroatoms. The number of rotatable bonds is 6. The van der Waals surface area contributed by atoms with Crippen molar-refractivity contribution in [3.63, 3.8) is 0 Å². The fourth-order valence-electron chi connectivity index (χ4n) is 2.83. The molecule has 6 nitrogen and oxygen atoms in total. The van der Waals surface area contributed by atoms with E-state index in [-0.39, 0.29) is 11.7 Å². The molecule has 0 saturated heterocycles. The van der Waals surface area contributed by atoms with Gasteiger partial charge in [0.15, 0.2) is 11.0 Å². The highest BCUT2D eigenvalue weighted by Gasteiger charge is 2.15. The highest BCUT2D eigenvalue weighted by atomic mass is 32.2. The molecule has 0 fully saturated rings. The Morgan fingerprint density at radius 1 is 1.22 bits per heavy atom. The first-order valence-corrected chi connectivity index (χ1v) is 9.78. The molecule has 3 aromatic rings. The maximum absolute atomic E-state index is 12.5. The number of carbonyl (C=O) groups is 1. The summed E-state index contributed by atoms with van der Waals surface area (Å²) in [5.41, 5.74) is 4.01. The average Bonchev–Trinajstić information content (AvgIpc) is 3.02. The second kappa shape index (κ2) is 8.35. The third-order valence-electron chi connectivity index (χ3n) is 4.28. The van der Waals surface area contributed by atoms with Gasteiger partial charge in [-0.15, -0.1) is 10.2 Å². The number of aromatic nitrogens is 4. The molecule has 1 aromatic carbocycles. The number of thioether (sulfide) groups is 1. The zero-order valence-electron chi connectivity index (χ0n) is 15.9. The van der Waals surface area contributed by atoms with Gasteiger partial charge in [-0.1, -0.05) is 43.8 Å². The summed E-state index contributed by atoms with van der Waals surface area (Å²) in [6.07, 6.45) is 3.47. The van der Waals surface area contributed by atoms with Gasteiger partial charge in [0.2, 0.25) is 5.91 Å². The summed E-state index contributed by atoms with van der Waals surface area (Å²) in [5.74, 6) is 1.29. The SMILES string of the molecule is Cc1cccc(C(C)C)c1NC(=O)CSc1nnc(-c2cccnc2)n1C. The van der Waals surface area contributed by atoms with E-state index in [2.05, 4.69) is 40.4 Å². The van der Waals surface area contributed by atoms with Gasteiger partial charge in [0, 0.05) is 30.7 Å². The lowest BCUT2D eigenvalue weighted by atomic mass is 9.98. The number of hydrogen-bond acceptors (Lipinski definition) is 5. The van der Waals surface area contributed by atoms with Crippen molar-refractivity contribution in [3.05, 3.63) is 53.9 Å². The van der Waals surface area contributed by atoms with Crippen LogP contribution in [0.2, 0.25) is 0 Å². The summed E-state index contributed by atoms with van der Waals surface area (Å²) < 4.78 is 1.88. The van der Waals surface area contributed by atoms with E-state index in [0.29, 0.717) is 11.1 Å². The molecule has 1 N–H and O–H groups in total. The number of benzene rings is 1. The zero-order chi connectivity index (χ0) is 19.4. The first-order valence-electron chi connectivity index (χ1n) is 8.79. The average molecular weight is 382 g/mol. The van der Waals surface area contributed by atoms with Gasteiger partial charge in [-0.25, -0.2) is 0 Å². The van der Waals surface area contributed by atoms with Crippen molar-refractivity contribution in [2.24, 2.45) is 7.05 Å². The lowest BCUT2D eigenvalue weighted by molar-refractivity contribution is -0.113. The molecule has 0 spiro atoms. The van der Waals surface area contributed by atoms with E-state index < -0.39 is 0 Å². The topological polar surface area (TPSA) is 72.7 Å². The number of nitrogens with one attached hydrogen (secondary N) is 1. The molecule has 1 amide bonds. The maximum Gasteiger partial charge on any atom is 0.234 e. The number of amides is 1. The Balaban J connectivity index is 1.68. The van der Waals surface area contributed by atoms with Crippen LogP contribution < -0.4 is 5.32 Å². The van der Waals surface area contributed by atoms with Gasteiger partial charge in [0.1, 0.15) is 0 Å². The molecule has 0 aliphatic heterocycles. The van der Waals surface area contributed by atoms with Crippen LogP contribution in [-0.2, 0) is 11.8 Å². The Morgan fingerprint density at radius 3 is 2.74 bits per heavy atom. The minimum Gasteiger partial charge on any atom is -0.325 e. The summed E-state index contributed by atoms with van der Waals surface area (Å²) in [6.45, 7) is 6.26. The standard InChI is InChI=1S/C20H23N5OS/c1-13(2)16-9-5-7-14(3)18(16)22-17(26)12-27-20-24-23-19(25(20)4)15-8-6-10-21-11-15/h5-11,13H,12H2,1-4H3,(H,22,26). The van der Waals surface area contributed by atoms with Gasteiger partial charge < -0.3 is 9.88 Å². The first-order chi connectivity index (χ1) is 13.0. The van der Waals surface area contributed by atoms with Crippen LogP contribution in [0.5, 0.6) is 0 Å². The number of pyridine rings is 1. The van der Waals surface area contributed by atoms with E-state index >= 15 is 0 Å². The van der Waals surface area contributed by atoms with Crippen LogP contribution in [0.25, 0.3) is 11.4 Å². The summed E-state index contributed by atoms with van der Waals surface area (Å²) in [6, 6.07) is 9.89. The number of aryl methyl sites for hydroxylation is 1. The molecule has 0 bridgehead atoms. The Bertz CT molecular complexity index is 937. The van der Waals surface area contributed by atoms with Crippen LogP contribution in [0.4, 0.5) is 5.69 Å². The summed E-state index contributed by atoms with van der Waals surface area (Å²) in [7, 11) is 1.89. The first kappa shape index (κ1) is 19.1. The highest BCUT2D eigenvalue weighted by molar-refractivity contribution is 7.99. The Kier molecular flexibility index (Phi) is 5.91. The molecule has 140 valence electrons. The van der Waals surface area contributed by atoms with E-state index in [4.69, 9.17) is 0 Å². The Morgan fingerprint density at radius 2 is 2.04 bits per heavy atom. The quantitative estimate of drug-likeness (QED) is 0.653. The van der Waals surface area contributed by atoms with Crippen LogP contribution >= 0.6 is 11.8 Å². The molecule has 2 heterocycles. The van der Waals surface area contributed by atoms with E-state index in [0.717, 1.165) is 28.2 Å². The van der Waals surface area contributed by atoms with Gasteiger partial charge >= 0.3 is 0 Å². The fourth-order valence-corrected chi connectivity index (χ4v) is 3.55. The zero-order valence-corrected chi connectivity index (χ0v) is 16.7. The molecular formula is C20H23N5OS. The van der Waals surface area contributed by atoms with E-state index in [1.165, 1.54) is 11.8 Å². The van der Waals surface area contributed by atoms with Crippen molar-refractivity contribution < 1.29 is 4.79 Å². The van der Waals surface area contributed by atoms with Crippen molar-refractivity contribution in [1.82, 2.24) is 19.7 Å². The van der Waals surface area contributed by atoms with Crippen molar-refractivity contribution in [3.8, 4) is 11.4 Å². The van der Waals surface area contributed by atoms with Crippen LogP contribution in [0.15, 0.2) is 47.9 Å². The number of anilines is 1. The van der Waals surface area contributed by atoms with Crippen molar-refractivity contribution in [2.75, 3.05) is 11.1 Å². The maximum atomic E-state index is 12.5. The predicted octanol–water partition coefficient (Wildman–Crippen LogP) is 4.04. The normalized spacial score (nSPS) is 11.0. The summed E-state index contributed by atoms with van der Waals surface area (Å²) in [4.78, 5) is 16.6. The lowest BCUT2D eigenvalue weighted by Crippen LogP contribution is -2.17. The molecule has 0 aliphatic carbocycles. The van der Waals surface area contributed by atoms with Crippen molar-refractivity contribution >= 4 is 23.4 Å². The second-order valence-electron chi connectivity index (χ2n) is 6.64. The summed E-state index contributed by atoms with van der Waals surface area (Å²) >= 11 is 1.37. The van der Waals surface area contributed by atoms with Crippen LogP contribution in [0, 0.1) is 6.92 Å². The third-order valence-corrected chi connectivity index (χ3v) is 5.30. The van der Waals surface area contributed by atoms with Crippen molar-refractivity contribution in [2.45, 2.75) is 31.8 Å². The molecule has 0 unspecified atom stereocenters. The fraction of sp³-hybridized carbons (Fsp3) is 0.300. The smallest absolute Gasteiger partial charge is 0.234 e. The van der Waals surface area contributed by atoms with E-state index in [1.54, 1.807) is 12.4 Å². The number of hydrogen-bond donors (Lipinski definition) is 1. The van der Waals surface area contributed by atoms with Gasteiger partial charge in [-0.3, -0.25) is 9.78 Å². The van der Waals surface area contributed by atoms with Crippen molar-refractivity contribution in [1.29, 1.82) is 0 Å². The number of para-hydroxylation sites is 1. The highest BCUT2D eigenvalue weighted by Crippen LogP contribution is 2.28. The van der Waals surface area contributed by atoms with Crippen LogP contribution in [0.3, 0.4) is 0 Å². The molecule has 0 radical (unpaired) electrons. The van der Waals surface area contributed by atoms with Gasteiger partial charge in [-0.2, -0.15) is 0 Å². The Hall–Kier alpha value is -2.67. The molecule has 3 rings (SSSR count). The largest absolute Gasteiger partial charge is 0.325 e.